The van der Waals surface area contributed by atoms with Crippen LogP contribution in [0.4, 0.5) is 0 Å². The van der Waals surface area contributed by atoms with Gasteiger partial charge >= 0.3 is 0 Å². The maximum atomic E-state index is 12.5. The summed E-state index contributed by atoms with van der Waals surface area (Å²) in [5.74, 6) is -0.519. The van der Waals surface area contributed by atoms with E-state index in [4.69, 9.17) is 5.73 Å². The lowest BCUT2D eigenvalue weighted by Crippen LogP contribution is -2.37. The molecule has 0 saturated carbocycles. The number of hydrogen-bond acceptors (Lipinski definition) is 3. The van der Waals surface area contributed by atoms with Gasteiger partial charge in [0.2, 0.25) is 5.91 Å². The van der Waals surface area contributed by atoms with Gasteiger partial charge in [-0.1, -0.05) is 12.1 Å². The van der Waals surface area contributed by atoms with Gasteiger partial charge < -0.3 is 10.6 Å². The van der Waals surface area contributed by atoms with Crippen LogP contribution in [-0.2, 0) is 4.79 Å². The monoisotopic (exact) mass is 302 g/mol. The van der Waals surface area contributed by atoms with E-state index >= 15 is 0 Å². The fraction of sp³-hybridized carbons (Fsp3) is 0.250. The van der Waals surface area contributed by atoms with Gasteiger partial charge in [-0.3, -0.25) is 9.59 Å². The summed E-state index contributed by atoms with van der Waals surface area (Å²) < 4.78 is 0. The standard InChI is InChI=1S/C16H18N2O2S/c1-11(8-15(17)19)18(2)16(20)13-5-3-4-12(9-13)14-6-7-21-10-14/h3-7,9-11H,8H2,1-2H3,(H2,17,19)/t11-/m1/s1. The molecule has 1 heterocycles. The van der Waals surface area contributed by atoms with Gasteiger partial charge in [-0.2, -0.15) is 11.3 Å². The van der Waals surface area contributed by atoms with Gasteiger partial charge in [0.05, 0.1) is 0 Å². The lowest BCUT2D eigenvalue weighted by atomic mass is 10.0. The summed E-state index contributed by atoms with van der Waals surface area (Å²) in [5.41, 5.74) is 7.90. The predicted molar refractivity (Wildman–Crippen MR) is 85.1 cm³/mol. The minimum absolute atomic E-state index is 0.110. The summed E-state index contributed by atoms with van der Waals surface area (Å²) in [6.07, 6.45) is 0.159. The van der Waals surface area contributed by atoms with Crippen LogP contribution in [0.2, 0.25) is 0 Å². The first kappa shape index (κ1) is 15.3. The highest BCUT2D eigenvalue weighted by atomic mass is 32.1. The first-order valence-corrected chi connectivity index (χ1v) is 7.61. The van der Waals surface area contributed by atoms with Crippen LogP contribution in [-0.4, -0.2) is 29.8 Å². The highest BCUT2D eigenvalue weighted by Crippen LogP contribution is 2.23. The Balaban J connectivity index is 2.19. The number of amides is 2. The van der Waals surface area contributed by atoms with Gasteiger partial charge in [0.25, 0.3) is 5.91 Å². The smallest absolute Gasteiger partial charge is 0.253 e. The second kappa shape index (κ2) is 6.54. The van der Waals surface area contributed by atoms with E-state index in [1.165, 1.54) is 0 Å². The Morgan fingerprint density at radius 2 is 2.05 bits per heavy atom. The van der Waals surface area contributed by atoms with Gasteiger partial charge in [-0.05, 0) is 47.0 Å². The molecule has 21 heavy (non-hydrogen) atoms. The molecule has 0 unspecified atom stereocenters. The largest absolute Gasteiger partial charge is 0.370 e. The summed E-state index contributed by atoms with van der Waals surface area (Å²) in [6.45, 7) is 1.81. The van der Waals surface area contributed by atoms with Crippen LogP contribution in [0.3, 0.4) is 0 Å². The molecule has 0 radical (unpaired) electrons. The molecule has 0 bridgehead atoms. The van der Waals surface area contributed by atoms with Crippen molar-refractivity contribution in [3.63, 3.8) is 0 Å². The maximum Gasteiger partial charge on any atom is 0.253 e. The first-order valence-electron chi connectivity index (χ1n) is 6.67. The van der Waals surface area contributed by atoms with Crippen LogP contribution < -0.4 is 5.73 Å². The fourth-order valence-electron chi connectivity index (χ4n) is 2.09. The van der Waals surface area contributed by atoms with Crippen molar-refractivity contribution in [2.24, 2.45) is 5.73 Å². The van der Waals surface area contributed by atoms with Crippen molar-refractivity contribution >= 4 is 23.2 Å². The number of benzene rings is 1. The third-order valence-corrected chi connectivity index (χ3v) is 4.13. The maximum absolute atomic E-state index is 12.5. The molecule has 2 aromatic rings. The Morgan fingerprint density at radius 3 is 2.67 bits per heavy atom. The molecule has 0 spiro atoms. The van der Waals surface area contributed by atoms with Crippen LogP contribution in [0.5, 0.6) is 0 Å². The lowest BCUT2D eigenvalue weighted by Gasteiger charge is -2.24. The number of thiophene rings is 1. The van der Waals surface area contributed by atoms with Gasteiger partial charge in [0, 0.05) is 25.1 Å². The van der Waals surface area contributed by atoms with Gasteiger partial charge in [0.1, 0.15) is 0 Å². The van der Waals surface area contributed by atoms with Crippen molar-refractivity contribution < 1.29 is 9.59 Å². The SMILES string of the molecule is C[C@H](CC(N)=O)N(C)C(=O)c1cccc(-c2ccsc2)c1. The van der Waals surface area contributed by atoms with Crippen molar-refractivity contribution in [3.8, 4) is 11.1 Å². The Morgan fingerprint density at radius 1 is 1.29 bits per heavy atom. The zero-order chi connectivity index (χ0) is 15.4. The van der Waals surface area contributed by atoms with E-state index in [1.54, 1.807) is 29.4 Å². The van der Waals surface area contributed by atoms with Crippen molar-refractivity contribution in [2.75, 3.05) is 7.05 Å². The van der Waals surface area contributed by atoms with Crippen LogP contribution in [0.25, 0.3) is 11.1 Å². The van der Waals surface area contributed by atoms with Gasteiger partial charge in [-0.25, -0.2) is 0 Å². The first-order chi connectivity index (χ1) is 9.99. The average Bonchev–Trinajstić information content (AvgIpc) is 2.99. The van der Waals surface area contributed by atoms with Gasteiger partial charge in [-0.15, -0.1) is 0 Å². The van der Waals surface area contributed by atoms with Crippen molar-refractivity contribution in [3.05, 3.63) is 46.7 Å². The molecular weight excluding hydrogens is 284 g/mol. The minimum atomic E-state index is -0.408. The zero-order valence-electron chi connectivity index (χ0n) is 12.1. The third kappa shape index (κ3) is 3.70. The second-order valence-electron chi connectivity index (χ2n) is 5.03. The second-order valence-corrected chi connectivity index (χ2v) is 5.81. The van der Waals surface area contributed by atoms with Crippen molar-refractivity contribution in [1.82, 2.24) is 4.90 Å². The van der Waals surface area contributed by atoms with Crippen molar-refractivity contribution in [2.45, 2.75) is 19.4 Å². The highest BCUT2D eigenvalue weighted by molar-refractivity contribution is 7.08. The van der Waals surface area contributed by atoms with Crippen LogP contribution >= 0.6 is 11.3 Å². The number of nitrogens with zero attached hydrogens (tertiary/aromatic N) is 1. The van der Waals surface area contributed by atoms with E-state index in [0.29, 0.717) is 5.56 Å². The number of nitrogens with two attached hydrogens (primary N) is 1. The Kier molecular flexibility index (Phi) is 4.75. The van der Waals surface area contributed by atoms with Crippen LogP contribution in [0.1, 0.15) is 23.7 Å². The molecule has 4 nitrogen and oxygen atoms in total. The number of primary amides is 1. The molecule has 0 fully saturated rings. The Bertz CT molecular complexity index is 637. The van der Waals surface area contributed by atoms with E-state index in [9.17, 15) is 9.59 Å². The molecule has 1 aromatic heterocycles. The molecule has 0 aliphatic carbocycles. The molecule has 0 saturated heterocycles. The quantitative estimate of drug-likeness (QED) is 0.923. The number of hydrogen-bond donors (Lipinski definition) is 1. The van der Waals surface area contributed by atoms with Gasteiger partial charge in [0.15, 0.2) is 0 Å². The fourth-order valence-corrected chi connectivity index (χ4v) is 2.76. The predicted octanol–water partition coefficient (Wildman–Crippen LogP) is 2.75. The summed E-state index contributed by atoms with van der Waals surface area (Å²) >= 11 is 1.62. The molecule has 2 amide bonds. The molecule has 2 rings (SSSR count). The number of carbonyl (C=O) groups excluding carboxylic acids is 2. The number of rotatable bonds is 5. The molecule has 1 atom stereocenters. The summed E-state index contributed by atoms with van der Waals surface area (Å²) in [6, 6.07) is 9.30. The Hall–Kier alpha value is -2.14. The van der Waals surface area contributed by atoms with Crippen LogP contribution in [0, 0.1) is 0 Å². The Labute approximate surface area is 128 Å². The normalized spacial score (nSPS) is 11.9. The third-order valence-electron chi connectivity index (χ3n) is 3.44. The average molecular weight is 302 g/mol. The summed E-state index contributed by atoms with van der Waals surface area (Å²) in [5, 5.41) is 4.05. The van der Waals surface area contributed by atoms with E-state index in [0.717, 1.165) is 11.1 Å². The molecular formula is C16H18N2O2S. The van der Waals surface area contributed by atoms with Crippen molar-refractivity contribution in [1.29, 1.82) is 0 Å². The molecule has 0 aliphatic heterocycles. The summed E-state index contributed by atoms with van der Waals surface area (Å²) in [7, 11) is 1.69. The molecule has 2 N–H and O–H groups in total. The molecule has 1 aromatic carbocycles. The minimum Gasteiger partial charge on any atom is -0.370 e. The van der Waals surface area contributed by atoms with E-state index in [2.05, 4.69) is 0 Å². The zero-order valence-corrected chi connectivity index (χ0v) is 12.9. The summed E-state index contributed by atoms with van der Waals surface area (Å²) in [4.78, 5) is 25.0. The molecule has 0 aliphatic rings. The van der Waals surface area contributed by atoms with E-state index < -0.39 is 5.91 Å². The molecule has 110 valence electrons. The van der Waals surface area contributed by atoms with E-state index in [1.807, 2.05) is 41.9 Å². The van der Waals surface area contributed by atoms with E-state index in [-0.39, 0.29) is 18.4 Å². The topological polar surface area (TPSA) is 63.4 Å². The number of carbonyl (C=O) groups is 2. The van der Waals surface area contributed by atoms with Crippen LogP contribution in [0.15, 0.2) is 41.1 Å². The highest BCUT2D eigenvalue weighted by Gasteiger charge is 2.19. The molecule has 5 heteroatoms. The lowest BCUT2D eigenvalue weighted by molar-refractivity contribution is -0.118.